The van der Waals surface area contributed by atoms with Crippen LogP contribution < -0.4 is 25.8 Å². The maximum Gasteiger partial charge on any atom is 0.410 e. The number of aromatic nitrogens is 4. The first-order valence-electron chi connectivity index (χ1n) is 26.6. The number of rotatable bonds is 10. The number of ether oxygens (including phenoxy) is 3. The molecule has 4 aliphatic carbocycles. The summed E-state index contributed by atoms with van der Waals surface area (Å²) in [6.45, 7) is 13.0. The second kappa shape index (κ2) is 20.4. The van der Waals surface area contributed by atoms with Crippen molar-refractivity contribution in [3.63, 3.8) is 0 Å². The summed E-state index contributed by atoms with van der Waals surface area (Å²) in [5, 5.41) is 10.6. The van der Waals surface area contributed by atoms with Crippen LogP contribution in [0.4, 0.5) is 39.7 Å². The van der Waals surface area contributed by atoms with Gasteiger partial charge < -0.3 is 40.0 Å². The second-order valence-corrected chi connectivity index (χ2v) is 22.1. The lowest BCUT2D eigenvalue weighted by Crippen LogP contribution is -2.44. The summed E-state index contributed by atoms with van der Waals surface area (Å²) in [5.74, 6) is 6.09. The van der Waals surface area contributed by atoms with Gasteiger partial charge in [-0.25, -0.2) is 14.8 Å². The smallest absolute Gasteiger partial charge is 0.410 e. The van der Waals surface area contributed by atoms with E-state index in [0.717, 1.165) is 104 Å². The molecule has 4 aliphatic heterocycles. The fourth-order valence-electron chi connectivity index (χ4n) is 11.4. The Bertz CT molecular complexity index is 2410. The lowest BCUT2D eigenvalue weighted by molar-refractivity contribution is 0.0240. The Morgan fingerprint density at radius 2 is 1.10 bits per heavy atom. The molecule has 0 radical (unpaired) electrons. The molecule has 14 nitrogen and oxygen atoms in total. The van der Waals surface area contributed by atoms with Gasteiger partial charge in [-0.3, -0.25) is 4.90 Å². The summed E-state index contributed by atoms with van der Waals surface area (Å²) in [5.41, 5.74) is 8.66. The Morgan fingerprint density at radius 3 is 1.59 bits per heavy atom. The van der Waals surface area contributed by atoms with Crippen LogP contribution in [0.2, 0.25) is 0 Å². The van der Waals surface area contributed by atoms with E-state index in [4.69, 9.17) is 34.1 Å². The van der Waals surface area contributed by atoms with Crippen LogP contribution >= 0.6 is 0 Å². The predicted octanol–water partition coefficient (Wildman–Crippen LogP) is 10.6. The molecular formula is C55H74N10O4. The molecular weight excluding hydrogens is 865 g/mol. The highest BCUT2D eigenvalue weighted by Crippen LogP contribution is 2.40. The third-order valence-corrected chi connectivity index (χ3v) is 15.6. The number of amides is 1. The molecule has 6 heterocycles. The van der Waals surface area contributed by atoms with Gasteiger partial charge in [0.25, 0.3) is 0 Å². The Morgan fingerprint density at radius 1 is 0.609 bits per heavy atom. The molecule has 2 aromatic carbocycles. The molecule has 2 atom stereocenters. The average molecular weight is 939 g/mol. The van der Waals surface area contributed by atoms with Crippen LogP contribution in [-0.4, -0.2) is 88.1 Å². The minimum Gasteiger partial charge on any atom is -0.444 e. The molecule has 8 aliphatic rings. The van der Waals surface area contributed by atoms with Crippen molar-refractivity contribution in [3.05, 3.63) is 82.2 Å². The number of carbonyl (C=O) groups excluding carboxylic acids is 1. The number of nitrogens with zero attached hydrogens (tertiary/aromatic N) is 7. The van der Waals surface area contributed by atoms with E-state index in [1.165, 1.54) is 107 Å². The van der Waals surface area contributed by atoms with E-state index in [1.807, 2.05) is 20.8 Å². The van der Waals surface area contributed by atoms with Crippen LogP contribution in [0.3, 0.4) is 0 Å². The summed E-state index contributed by atoms with van der Waals surface area (Å²) in [6.07, 6.45) is 18.8. The largest absolute Gasteiger partial charge is 0.444 e. The Balaban J connectivity index is 0.000000154. The van der Waals surface area contributed by atoms with Gasteiger partial charge in [0.1, 0.15) is 17.2 Å². The monoisotopic (exact) mass is 939 g/mol. The van der Waals surface area contributed by atoms with Crippen molar-refractivity contribution >= 4 is 41.0 Å². The van der Waals surface area contributed by atoms with Crippen molar-refractivity contribution in [1.82, 2.24) is 30.2 Å². The standard InChI is InChI=1S/C30H41N5O3.C25H33N5O/c1-30(2,3)38-29(36)35-17-24-25(18-35)32-28(34-15-16-37-26(19-34)22-9-10-22)33-27(24)31-23-13-11-21(12-14-23)20-7-5-4-6-8-20;1-2-4-17(5-3-1)18-8-10-20(11-9-18)27-24-21-14-26-15-22(21)28-25(29-24)30-12-13-31-23(16-30)19-6-7-19/h11-14,20,22,26H,4-10,15-19H2,1-3H3,(H,31,32,33);8-11,17,19,23,26H,1-7,12-16H2,(H,27,28,29). The SMILES string of the molecule is CC(C)(C)OC(=O)N1Cc2nc(N3CCOC(C4CC4)C3)nc(Nc3ccc(C4CCCCC4)cc3)c2C1.c1cc(C2CCCCC2)ccc1Nc1nc(N2CCOC(C3CC3)C2)nc2c1CNC2. The van der Waals surface area contributed by atoms with E-state index in [2.05, 4.69) is 74.3 Å². The Kier molecular flexibility index (Phi) is 13.7. The predicted molar refractivity (Wildman–Crippen MR) is 271 cm³/mol. The zero-order valence-corrected chi connectivity index (χ0v) is 41.3. The summed E-state index contributed by atoms with van der Waals surface area (Å²) < 4.78 is 17.7. The van der Waals surface area contributed by atoms with Crippen molar-refractivity contribution in [2.75, 3.05) is 59.8 Å². The third-order valence-electron chi connectivity index (χ3n) is 15.6. The minimum atomic E-state index is -0.546. The minimum absolute atomic E-state index is 0.252. The average Bonchev–Trinajstić information content (AvgIpc) is 4.32. The van der Waals surface area contributed by atoms with Gasteiger partial charge in [-0.15, -0.1) is 0 Å². The van der Waals surface area contributed by atoms with Gasteiger partial charge in [0, 0.05) is 61.8 Å². The summed E-state index contributed by atoms with van der Waals surface area (Å²) in [7, 11) is 0. The topological polar surface area (TPSA) is 142 Å². The maximum atomic E-state index is 12.9. The number of nitrogens with one attached hydrogen (secondary N) is 3. The van der Waals surface area contributed by atoms with Gasteiger partial charge in [-0.2, -0.15) is 9.97 Å². The highest BCUT2D eigenvalue weighted by atomic mass is 16.6. The second-order valence-electron chi connectivity index (χ2n) is 22.1. The Labute approximate surface area is 409 Å². The molecule has 3 N–H and O–H groups in total. The van der Waals surface area contributed by atoms with Gasteiger partial charge in [-0.05, 0) is 131 Å². The molecule has 368 valence electrons. The highest BCUT2D eigenvalue weighted by molar-refractivity contribution is 5.71. The first-order valence-corrected chi connectivity index (χ1v) is 26.6. The summed E-state index contributed by atoms with van der Waals surface area (Å²) in [6, 6.07) is 17.9. The van der Waals surface area contributed by atoms with E-state index in [9.17, 15) is 4.79 Å². The molecule has 1 amide bonds. The van der Waals surface area contributed by atoms with Crippen molar-refractivity contribution in [1.29, 1.82) is 0 Å². The first kappa shape index (κ1) is 46.3. The molecule has 6 fully saturated rings. The van der Waals surface area contributed by atoms with Crippen LogP contribution in [0.25, 0.3) is 0 Å². The van der Waals surface area contributed by atoms with Gasteiger partial charge in [0.15, 0.2) is 0 Å². The molecule has 0 bridgehead atoms. The number of fused-ring (bicyclic) bond motifs is 2. The Hall–Kier alpha value is -5.05. The molecule has 4 saturated carbocycles. The zero-order chi connectivity index (χ0) is 46.9. The first-order chi connectivity index (χ1) is 33.7. The molecule has 2 aromatic heterocycles. The number of anilines is 6. The molecule has 0 spiro atoms. The highest BCUT2D eigenvalue weighted by Gasteiger charge is 2.39. The van der Waals surface area contributed by atoms with Gasteiger partial charge in [0.2, 0.25) is 11.9 Å². The number of carbonyl (C=O) groups is 1. The van der Waals surface area contributed by atoms with Gasteiger partial charge >= 0.3 is 6.09 Å². The molecule has 2 unspecified atom stereocenters. The van der Waals surface area contributed by atoms with E-state index in [1.54, 1.807) is 4.90 Å². The molecule has 14 heteroatoms. The van der Waals surface area contributed by atoms with Crippen LogP contribution in [0.1, 0.15) is 156 Å². The molecule has 69 heavy (non-hydrogen) atoms. The fraction of sp³-hybridized carbons (Fsp3) is 0.618. The summed E-state index contributed by atoms with van der Waals surface area (Å²) in [4.78, 5) is 39.1. The van der Waals surface area contributed by atoms with E-state index in [-0.39, 0.29) is 12.2 Å². The van der Waals surface area contributed by atoms with Crippen LogP contribution in [0.5, 0.6) is 0 Å². The van der Waals surface area contributed by atoms with Crippen LogP contribution in [0.15, 0.2) is 48.5 Å². The summed E-state index contributed by atoms with van der Waals surface area (Å²) >= 11 is 0. The van der Waals surface area contributed by atoms with E-state index < -0.39 is 5.60 Å². The zero-order valence-electron chi connectivity index (χ0n) is 41.3. The number of benzene rings is 2. The third kappa shape index (κ3) is 11.3. The number of morpholine rings is 2. The number of hydrogen-bond donors (Lipinski definition) is 3. The van der Waals surface area contributed by atoms with Crippen molar-refractivity contribution in [2.45, 2.75) is 166 Å². The quantitative estimate of drug-likeness (QED) is 0.139. The van der Waals surface area contributed by atoms with Crippen LogP contribution in [0, 0.1) is 11.8 Å². The van der Waals surface area contributed by atoms with Crippen molar-refractivity contribution in [2.24, 2.45) is 11.8 Å². The fourth-order valence-corrected chi connectivity index (χ4v) is 11.4. The van der Waals surface area contributed by atoms with Crippen LogP contribution in [-0.2, 0) is 40.4 Å². The lowest BCUT2D eigenvalue weighted by Gasteiger charge is -2.33. The van der Waals surface area contributed by atoms with Crippen molar-refractivity contribution in [3.8, 4) is 0 Å². The lowest BCUT2D eigenvalue weighted by atomic mass is 9.84. The molecule has 4 aromatic rings. The van der Waals surface area contributed by atoms with Crippen molar-refractivity contribution < 1.29 is 19.0 Å². The number of hydrogen-bond acceptors (Lipinski definition) is 13. The van der Waals surface area contributed by atoms with Gasteiger partial charge in [-0.1, -0.05) is 62.8 Å². The molecule has 2 saturated heterocycles. The van der Waals surface area contributed by atoms with Gasteiger partial charge in [0.05, 0.1) is 49.9 Å². The van der Waals surface area contributed by atoms with E-state index >= 15 is 0 Å². The molecule has 12 rings (SSSR count). The normalized spacial score (nSPS) is 23.2. The maximum absolute atomic E-state index is 12.9. The van der Waals surface area contributed by atoms with E-state index in [0.29, 0.717) is 43.6 Å².